The minimum atomic E-state index is 0.651. The van der Waals surface area contributed by atoms with E-state index in [9.17, 15) is 0 Å². The molecule has 0 bridgehead atoms. The molecule has 0 aromatic carbocycles. The third-order valence-electron chi connectivity index (χ3n) is 3.31. The van der Waals surface area contributed by atoms with Gasteiger partial charge in [0.15, 0.2) is 0 Å². The third kappa shape index (κ3) is 7.48. The maximum atomic E-state index is 5.75. The molecule has 0 saturated heterocycles. The molecule has 0 N–H and O–H groups in total. The van der Waals surface area contributed by atoms with Gasteiger partial charge in [-0.2, -0.15) is 0 Å². The maximum Gasteiger partial charge on any atom is 0.0589 e. The van der Waals surface area contributed by atoms with Gasteiger partial charge in [0.1, 0.15) is 0 Å². The zero-order valence-electron chi connectivity index (χ0n) is 11.3. The van der Waals surface area contributed by atoms with E-state index in [4.69, 9.17) is 16.3 Å². The lowest BCUT2D eigenvalue weighted by Gasteiger charge is -2.29. The first-order valence-electron chi connectivity index (χ1n) is 6.44. The largest absolute Gasteiger partial charge is 0.383 e. The van der Waals surface area contributed by atoms with Crippen LogP contribution in [-0.2, 0) is 4.74 Å². The van der Waals surface area contributed by atoms with Crippen molar-refractivity contribution in [3.8, 4) is 0 Å². The topological polar surface area (TPSA) is 12.5 Å². The van der Waals surface area contributed by atoms with Crippen molar-refractivity contribution in [2.45, 2.75) is 46.1 Å². The van der Waals surface area contributed by atoms with E-state index in [2.05, 4.69) is 25.7 Å². The summed E-state index contributed by atoms with van der Waals surface area (Å²) in [6, 6.07) is 0.651. The molecule has 0 heterocycles. The first-order chi connectivity index (χ1) is 7.65. The Bertz CT molecular complexity index is 155. The van der Waals surface area contributed by atoms with Gasteiger partial charge in [-0.15, -0.1) is 11.6 Å². The van der Waals surface area contributed by atoms with Gasteiger partial charge in [0.25, 0.3) is 0 Å². The van der Waals surface area contributed by atoms with E-state index in [-0.39, 0.29) is 0 Å². The highest BCUT2D eigenvalue weighted by atomic mass is 35.5. The summed E-state index contributed by atoms with van der Waals surface area (Å²) in [5, 5.41) is 0. The van der Waals surface area contributed by atoms with Crippen LogP contribution in [0.5, 0.6) is 0 Å². The fourth-order valence-corrected chi connectivity index (χ4v) is 2.11. The van der Waals surface area contributed by atoms with Crippen molar-refractivity contribution >= 4 is 11.6 Å². The smallest absolute Gasteiger partial charge is 0.0589 e. The van der Waals surface area contributed by atoms with Gasteiger partial charge in [-0.1, -0.05) is 13.8 Å². The first kappa shape index (κ1) is 16.2. The molecule has 0 radical (unpaired) electrons. The normalized spacial score (nSPS) is 15.4. The lowest BCUT2D eigenvalue weighted by atomic mass is 10.0. The number of hydrogen-bond acceptors (Lipinski definition) is 2. The van der Waals surface area contributed by atoms with Crippen LogP contribution in [-0.4, -0.2) is 43.6 Å². The molecule has 0 rings (SSSR count). The number of rotatable bonds is 10. The van der Waals surface area contributed by atoms with Crippen molar-refractivity contribution < 1.29 is 4.74 Å². The first-order valence-corrected chi connectivity index (χ1v) is 6.98. The number of methoxy groups -OCH3 is 1. The highest BCUT2D eigenvalue weighted by Crippen LogP contribution is 2.12. The summed E-state index contributed by atoms with van der Waals surface area (Å²) >= 11 is 5.75. The minimum Gasteiger partial charge on any atom is -0.383 e. The van der Waals surface area contributed by atoms with Gasteiger partial charge in [-0.3, -0.25) is 4.90 Å². The van der Waals surface area contributed by atoms with E-state index in [0.717, 1.165) is 37.9 Å². The maximum absolute atomic E-state index is 5.75. The summed E-state index contributed by atoms with van der Waals surface area (Å²) in [6.45, 7) is 9.85. The van der Waals surface area contributed by atoms with Crippen molar-refractivity contribution in [1.82, 2.24) is 4.90 Å². The standard InChI is InChI=1S/C13H28ClNO/c1-5-13(3)15(10-11-16-4)9-7-12(2)6-8-14/h12-13H,5-11H2,1-4H3. The van der Waals surface area contributed by atoms with E-state index in [1.807, 2.05) is 0 Å². The van der Waals surface area contributed by atoms with Crippen LogP contribution in [0.1, 0.15) is 40.0 Å². The molecular weight excluding hydrogens is 222 g/mol. The average Bonchev–Trinajstić information content (AvgIpc) is 2.28. The number of hydrogen-bond donors (Lipinski definition) is 0. The van der Waals surface area contributed by atoms with Crippen molar-refractivity contribution in [2.75, 3.05) is 32.7 Å². The molecule has 0 aliphatic heterocycles. The average molecular weight is 250 g/mol. The molecule has 2 nitrogen and oxygen atoms in total. The van der Waals surface area contributed by atoms with Crippen LogP contribution in [0.2, 0.25) is 0 Å². The van der Waals surface area contributed by atoms with E-state index in [1.165, 1.54) is 12.8 Å². The Kier molecular flexibility index (Phi) is 10.5. The van der Waals surface area contributed by atoms with Crippen molar-refractivity contribution in [2.24, 2.45) is 5.92 Å². The Morgan fingerprint density at radius 1 is 1.19 bits per heavy atom. The van der Waals surface area contributed by atoms with Crippen molar-refractivity contribution in [1.29, 1.82) is 0 Å². The van der Waals surface area contributed by atoms with E-state index in [0.29, 0.717) is 6.04 Å². The zero-order chi connectivity index (χ0) is 12.4. The zero-order valence-corrected chi connectivity index (χ0v) is 12.1. The third-order valence-corrected chi connectivity index (χ3v) is 3.53. The van der Waals surface area contributed by atoms with Gasteiger partial charge in [-0.05, 0) is 38.6 Å². The molecule has 16 heavy (non-hydrogen) atoms. The Morgan fingerprint density at radius 3 is 2.38 bits per heavy atom. The number of alkyl halides is 1. The van der Waals surface area contributed by atoms with Crippen LogP contribution in [0.15, 0.2) is 0 Å². The van der Waals surface area contributed by atoms with Gasteiger partial charge in [0.05, 0.1) is 6.61 Å². The van der Waals surface area contributed by atoms with Gasteiger partial charge in [0.2, 0.25) is 0 Å². The molecule has 3 heteroatoms. The molecule has 0 aromatic heterocycles. The van der Waals surface area contributed by atoms with Crippen LogP contribution in [0.25, 0.3) is 0 Å². The van der Waals surface area contributed by atoms with Gasteiger partial charge < -0.3 is 4.74 Å². The van der Waals surface area contributed by atoms with Gasteiger partial charge in [-0.25, -0.2) is 0 Å². The van der Waals surface area contributed by atoms with Crippen LogP contribution >= 0.6 is 11.6 Å². The predicted octanol–water partition coefficient (Wildman–Crippen LogP) is 3.39. The molecule has 98 valence electrons. The van der Waals surface area contributed by atoms with Crippen LogP contribution < -0.4 is 0 Å². The van der Waals surface area contributed by atoms with E-state index >= 15 is 0 Å². The summed E-state index contributed by atoms with van der Waals surface area (Å²) in [6.07, 6.45) is 3.56. The lowest BCUT2D eigenvalue weighted by molar-refractivity contribution is 0.118. The summed E-state index contributed by atoms with van der Waals surface area (Å²) in [4.78, 5) is 2.52. The predicted molar refractivity (Wildman–Crippen MR) is 72.3 cm³/mol. The van der Waals surface area contributed by atoms with Crippen molar-refractivity contribution in [3.05, 3.63) is 0 Å². The fraction of sp³-hybridized carbons (Fsp3) is 1.00. The van der Waals surface area contributed by atoms with E-state index in [1.54, 1.807) is 7.11 Å². The number of ether oxygens (including phenoxy) is 1. The molecule has 2 atom stereocenters. The molecule has 0 saturated carbocycles. The number of halogens is 1. The second-order valence-electron chi connectivity index (χ2n) is 4.66. The Morgan fingerprint density at radius 2 is 1.88 bits per heavy atom. The molecule has 0 aromatic rings. The summed E-state index contributed by atoms with van der Waals surface area (Å²) in [5.41, 5.74) is 0. The Balaban J connectivity index is 3.90. The molecule has 0 spiro atoms. The SMILES string of the molecule is CCC(C)N(CCOC)CCC(C)CCCl. The van der Waals surface area contributed by atoms with Crippen LogP contribution in [0.3, 0.4) is 0 Å². The van der Waals surface area contributed by atoms with Gasteiger partial charge >= 0.3 is 0 Å². The quantitative estimate of drug-likeness (QED) is 0.551. The van der Waals surface area contributed by atoms with Crippen LogP contribution in [0.4, 0.5) is 0 Å². The van der Waals surface area contributed by atoms with Crippen molar-refractivity contribution in [3.63, 3.8) is 0 Å². The summed E-state index contributed by atoms with van der Waals surface area (Å²) in [7, 11) is 1.77. The van der Waals surface area contributed by atoms with Gasteiger partial charge in [0, 0.05) is 25.6 Å². The molecule has 0 fully saturated rings. The summed E-state index contributed by atoms with van der Waals surface area (Å²) in [5.74, 6) is 1.51. The lowest BCUT2D eigenvalue weighted by Crippen LogP contribution is -2.36. The second kappa shape index (κ2) is 10.4. The molecule has 0 aliphatic rings. The van der Waals surface area contributed by atoms with Crippen LogP contribution in [0, 0.1) is 5.92 Å². The fourth-order valence-electron chi connectivity index (χ4n) is 1.74. The van der Waals surface area contributed by atoms with E-state index < -0.39 is 0 Å². The second-order valence-corrected chi connectivity index (χ2v) is 5.04. The Labute approximate surface area is 106 Å². The number of nitrogens with zero attached hydrogens (tertiary/aromatic N) is 1. The highest BCUT2D eigenvalue weighted by molar-refractivity contribution is 6.17. The molecule has 0 aliphatic carbocycles. The molecular formula is C13H28ClNO. The monoisotopic (exact) mass is 249 g/mol. The summed E-state index contributed by atoms with van der Waals surface area (Å²) < 4.78 is 5.16. The Hall–Kier alpha value is 0.210. The molecule has 2 unspecified atom stereocenters. The molecule has 0 amide bonds. The highest BCUT2D eigenvalue weighted by Gasteiger charge is 2.12. The minimum absolute atomic E-state index is 0.651.